The van der Waals surface area contributed by atoms with E-state index in [9.17, 15) is 4.79 Å². The Bertz CT molecular complexity index is 656. The van der Waals surface area contributed by atoms with Crippen LogP contribution >= 0.6 is 46.6 Å². The highest BCUT2D eigenvalue weighted by Crippen LogP contribution is 2.27. The maximum absolute atomic E-state index is 11.8. The fourth-order valence-electron chi connectivity index (χ4n) is 2.10. The molecule has 0 spiro atoms. The van der Waals surface area contributed by atoms with E-state index in [0.717, 1.165) is 22.6 Å². The summed E-state index contributed by atoms with van der Waals surface area (Å²) >= 11 is 19.8. The van der Waals surface area contributed by atoms with Gasteiger partial charge in [-0.25, -0.2) is 0 Å². The molecule has 2 aromatic rings. The van der Waals surface area contributed by atoms with E-state index in [1.165, 1.54) is 0 Å². The van der Waals surface area contributed by atoms with E-state index in [4.69, 9.17) is 34.8 Å². The lowest BCUT2D eigenvalue weighted by Crippen LogP contribution is -2.25. The highest BCUT2D eigenvalue weighted by molar-refractivity contribution is 7.98. The van der Waals surface area contributed by atoms with Gasteiger partial charge in [0, 0.05) is 39.5 Å². The van der Waals surface area contributed by atoms with Crippen LogP contribution in [0.1, 0.15) is 17.5 Å². The summed E-state index contributed by atoms with van der Waals surface area (Å²) in [6, 6.07) is 13.1. The van der Waals surface area contributed by atoms with Gasteiger partial charge in [-0.3, -0.25) is 4.79 Å². The molecule has 2 rings (SSSR count). The molecule has 0 radical (unpaired) electrons. The van der Waals surface area contributed by atoms with E-state index in [0.29, 0.717) is 34.5 Å². The standard InChI is InChI=1S/C18H18Cl3NOS/c19-14-7-4-13(5-8-14)6-9-18(23)22-10-11-24-12-15-16(20)2-1-3-17(15)21/h1-5,7-8H,6,9-12H2,(H,22,23). The summed E-state index contributed by atoms with van der Waals surface area (Å²) in [6.07, 6.45) is 1.19. The van der Waals surface area contributed by atoms with E-state index >= 15 is 0 Å². The molecule has 24 heavy (non-hydrogen) atoms. The molecule has 0 saturated heterocycles. The third kappa shape index (κ3) is 6.56. The Morgan fingerprint density at radius 2 is 1.67 bits per heavy atom. The minimum atomic E-state index is 0.0568. The first-order chi connectivity index (χ1) is 11.6. The van der Waals surface area contributed by atoms with Crippen LogP contribution in [0.4, 0.5) is 0 Å². The predicted octanol–water partition coefficient (Wildman–Crippen LogP) is 5.63. The van der Waals surface area contributed by atoms with Gasteiger partial charge in [-0.1, -0.05) is 53.0 Å². The van der Waals surface area contributed by atoms with Crippen LogP contribution < -0.4 is 5.32 Å². The highest BCUT2D eigenvalue weighted by Gasteiger charge is 2.06. The molecule has 0 unspecified atom stereocenters. The number of carbonyl (C=O) groups excluding carboxylic acids is 1. The number of hydrogen-bond donors (Lipinski definition) is 1. The van der Waals surface area contributed by atoms with Crippen molar-refractivity contribution in [3.63, 3.8) is 0 Å². The molecule has 2 aromatic carbocycles. The molecule has 2 nitrogen and oxygen atoms in total. The van der Waals surface area contributed by atoms with E-state index in [1.807, 2.05) is 42.5 Å². The van der Waals surface area contributed by atoms with Gasteiger partial charge in [-0.2, -0.15) is 11.8 Å². The third-order valence-corrected chi connectivity index (χ3v) is 5.38. The van der Waals surface area contributed by atoms with Gasteiger partial charge >= 0.3 is 0 Å². The van der Waals surface area contributed by atoms with Gasteiger partial charge in [0.1, 0.15) is 0 Å². The zero-order valence-corrected chi connectivity index (χ0v) is 16.1. The number of thioether (sulfide) groups is 1. The Kier molecular flexibility index (Phi) is 8.26. The first kappa shape index (κ1) is 19.5. The van der Waals surface area contributed by atoms with Crippen molar-refractivity contribution in [1.29, 1.82) is 0 Å². The maximum Gasteiger partial charge on any atom is 0.220 e. The van der Waals surface area contributed by atoms with Crippen molar-refractivity contribution < 1.29 is 4.79 Å². The molecule has 0 atom stereocenters. The number of carbonyl (C=O) groups is 1. The molecule has 0 heterocycles. The zero-order valence-electron chi connectivity index (χ0n) is 13.0. The average Bonchev–Trinajstić information content (AvgIpc) is 2.56. The van der Waals surface area contributed by atoms with Crippen LogP contribution in [0.25, 0.3) is 0 Å². The summed E-state index contributed by atoms with van der Waals surface area (Å²) in [4.78, 5) is 11.8. The van der Waals surface area contributed by atoms with Gasteiger partial charge in [-0.05, 0) is 41.8 Å². The number of hydrogen-bond acceptors (Lipinski definition) is 2. The third-order valence-electron chi connectivity index (χ3n) is 3.43. The Balaban J connectivity index is 1.62. The fourth-order valence-corrected chi connectivity index (χ4v) is 3.83. The van der Waals surface area contributed by atoms with E-state index in [-0.39, 0.29) is 5.91 Å². The van der Waals surface area contributed by atoms with E-state index in [2.05, 4.69) is 5.32 Å². The van der Waals surface area contributed by atoms with Crippen molar-refractivity contribution in [2.45, 2.75) is 18.6 Å². The molecule has 0 aliphatic carbocycles. The van der Waals surface area contributed by atoms with Crippen molar-refractivity contribution in [3.05, 3.63) is 68.7 Å². The summed E-state index contributed by atoms with van der Waals surface area (Å²) in [6.45, 7) is 0.631. The number of benzene rings is 2. The Labute approximate surface area is 161 Å². The highest BCUT2D eigenvalue weighted by atomic mass is 35.5. The summed E-state index contributed by atoms with van der Waals surface area (Å²) < 4.78 is 0. The van der Waals surface area contributed by atoms with E-state index in [1.54, 1.807) is 11.8 Å². The lowest BCUT2D eigenvalue weighted by atomic mass is 10.1. The van der Waals surface area contributed by atoms with Gasteiger partial charge in [-0.15, -0.1) is 0 Å². The van der Waals surface area contributed by atoms with Crippen LogP contribution in [0.5, 0.6) is 0 Å². The number of halogens is 3. The molecule has 0 bridgehead atoms. The minimum Gasteiger partial charge on any atom is -0.355 e. The molecule has 1 amide bonds. The molecule has 0 aromatic heterocycles. The van der Waals surface area contributed by atoms with Crippen LogP contribution in [0, 0.1) is 0 Å². The van der Waals surface area contributed by atoms with Crippen molar-refractivity contribution in [1.82, 2.24) is 5.32 Å². The van der Waals surface area contributed by atoms with Crippen molar-refractivity contribution in [3.8, 4) is 0 Å². The van der Waals surface area contributed by atoms with Gasteiger partial charge in [0.15, 0.2) is 0 Å². The molecule has 0 aliphatic rings. The second-order valence-electron chi connectivity index (χ2n) is 5.23. The summed E-state index contributed by atoms with van der Waals surface area (Å²) in [5.41, 5.74) is 2.05. The van der Waals surface area contributed by atoms with Crippen LogP contribution in [0.15, 0.2) is 42.5 Å². The topological polar surface area (TPSA) is 29.1 Å². The monoisotopic (exact) mass is 401 g/mol. The maximum atomic E-state index is 11.8. The molecule has 0 saturated carbocycles. The van der Waals surface area contributed by atoms with Crippen molar-refractivity contribution >= 4 is 52.5 Å². The first-order valence-electron chi connectivity index (χ1n) is 7.58. The van der Waals surface area contributed by atoms with Crippen LogP contribution in [-0.2, 0) is 17.0 Å². The minimum absolute atomic E-state index is 0.0568. The molecule has 0 fully saturated rings. The van der Waals surface area contributed by atoms with Gasteiger partial charge < -0.3 is 5.32 Å². The van der Waals surface area contributed by atoms with Gasteiger partial charge in [0.2, 0.25) is 5.91 Å². The van der Waals surface area contributed by atoms with Crippen LogP contribution in [0.3, 0.4) is 0 Å². The van der Waals surface area contributed by atoms with Crippen molar-refractivity contribution in [2.75, 3.05) is 12.3 Å². The number of nitrogens with one attached hydrogen (secondary N) is 1. The summed E-state index contributed by atoms with van der Waals surface area (Å²) in [5.74, 6) is 1.61. The Morgan fingerprint density at radius 3 is 2.33 bits per heavy atom. The molecule has 128 valence electrons. The quantitative estimate of drug-likeness (QED) is 0.580. The summed E-state index contributed by atoms with van der Waals surface area (Å²) in [7, 11) is 0. The number of aryl methyl sites for hydroxylation is 1. The lowest BCUT2D eigenvalue weighted by Gasteiger charge is -2.08. The number of amides is 1. The van der Waals surface area contributed by atoms with Gasteiger partial charge in [0.05, 0.1) is 0 Å². The SMILES string of the molecule is O=C(CCc1ccc(Cl)cc1)NCCSCc1c(Cl)cccc1Cl. The van der Waals surface area contributed by atoms with E-state index < -0.39 is 0 Å². The fraction of sp³-hybridized carbons (Fsp3) is 0.278. The largest absolute Gasteiger partial charge is 0.355 e. The molecule has 0 aliphatic heterocycles. The Morgan fingerprint density at radius 1 is 1.00 bits per heavy atom. The molecular formula is C18H18Cl3NOS. The first-order valence-corrected chi connectivity index (χ1v) is 9.87. The second kappa shape index (κ2) is 10.2. The molecule has 6 heteroatoms. The normalized spacial score (nSPS) is 10.6. The smallest absolute Gasteiger partial charge is 0.220 e. The summed E-state index contributed by atoms with van der Waals surface area (Å²) in [5, 5.41) is 5.00. The molecule has 1 N–H and O–H groups in total. The second-order valence-corrected chi connectivity index (χ2v) is 7.59. The predicted molar refractivity (Wildman–Crippen MR) is 105 cm³/mol. The van der Waals surface area contributed by atoms with Crippen molar-refractivity contribution in [2.24, 2.45) is 0 Å². The van der Waals surface area contributed by atoms with Crippen LogP contribution in [-0.4, -0.2) is 18.2 Å². The number of rotatable bonds is 8. The Hall–Kier alpha value is -0.870. The average molecular weight is 403 g/mol. The zero-order chi connectivity index (χ0) is 17.4. The molecular weight excluding hydrogens is 385 g/mol. The van der Waals surface area contributed by atoms with Crippen LogP contribution in [0.2, 0.25) is 15.1 Å². The lowest BCUT2D eigenvalue weighted by molar-refractivity contribution is -0.120. The van der Waals surface area contributed by atoms with Gasteiger partial charge in [0.25, 0.3) is 0 Å².